The molecule has 6 heteroatoms. The zero-order chi connectivity index (χ0) is 17.0. The van der Waals surface area contributed by atoms with E-state index in [1.54, 1.807) is 25.1 Å². The first-order valence-corrected chi connectivity index (χ1v) is 7.00. The lowest BCUT2D eigenvalue weighted by Gasteiger charge is -2.13. The highest BCUT2D eigenvalue weighted by Crippen LogP contribution is 2.21. The first kappa shape index (κ1) is 16.6. The van der Waals surface area contributed by atoms with Gasteiger partial charge in [-0.2, -0.15) is 0 Å². The molecule has 0 saturated heterocycles. The van der Waals surface area contributed by atoms with Gasteiger partial charge in [0.2, 0.25) is 11.8 Å². The lowest BCUT2D eigenvalue weighted by Crippen LogP contribution is -2.17. The average molecular weight is 316 g/mol. The standard InChI is InChI=1S/C17H17FN2O3/c1-10-5-6-12(17(19)23)8-14(10)20-16(22)9-15(21)11-3-2-4-13(18)7-11/h2-8,15,21H,9H2,1H3,(H2,19,23)(H,20,22). The Labute approximate surface area is 132 Å². The number of rotatable bonds is 5. The number of primary amides is 1. The van der Waals surface area contributed by atoms with E-state index in [4.69, 9.17) is 5.73 Å². The number of benzene rings is 2. The van der Waals surface area contributed by atoms with Gasteiger partial charge in [-0.15, -0.1) is 0 Å². The van der Waals surface area contributed by atoms with Crippen LogP contribution in [0.4, 0.5) is 10.1 Å². The normalized spacial score (nSPS) is 11.8. The lowest BCUT2D eigenvalue weighted by atomic mass is 10.1. The van der Waals surface area contributed by atoms with Crippen molar-refractivity contribution in [3.63, 3.8) is 0 Å². The number of amides is 2. The zero-order valence-corrected chi connectivity index (χ0v) is 12.5. The van der Waals surface area contributed by atoms with Crippen LogP contribution in [0, 0.1) is 12.7 Å². The summed E-state index contributed by atoms with van der Waals surface area (Å²) < 4.78 is 13.1. The van der Waals surface area contributed by atoms with Gasteiger partial charge >= 0.3 is 0 Å². The van der Waals surface area contributed by atoms with Crippen molar-refractivity contribution in [2.24, 2.45) is 5.73 Å². The number of anilines is 1. The van der Waals surface area contributed by atoms with Crippen molar-refractivity contribution in [1.29, 1.82) is 0 Å². The van der Waals surface area contributed by atoms with E-state index in [-0.39, 0.29) is 12.0 Å². The molecule has 0 aliphatic carbocycles. The fourth-order valence-electron chi connectivity index (χ4n) is 2.12. The molecule has 0 aliphatic rings. The topological polar surface area (TPSA) is 92.4 Å². The first-order chi connectivity index (χ1) is 10.9. The van der Waals surface area contributed by atoms with Gasteiger partial charge in [-0.3, -0.25) is 9.59 Å². The number of halogens is 1. The molecule has 0 heterocycles. The molecule has 1 atom stereocenters. The third-order valence-electron chi connectivity index (χ3n) is 3.41. The summed E-state index contributed by atoms with van der Waals surface area (Å²) in [5, 5.41) is 12.6. The van der Waals surface area contributed by atoms with E-state index in [1.807, 2.05) is 0 Å². The number of aliphatic hydroxyl groups is 1. The van der Waals surface area contributed by atoms with Crippen molar-refractivity contribution >= 4 is 17.5 Å². The third-order valence-corrected chi connectivity index (χ3v) is 3.41. The molecule has 2 rings (SSSR count). The van der Waals surface area contributed by atoms with E-state index in [9.17, 15) is 19.1 Å². The summed E-state index contributed by atoms with van der Waals surface area (Å²) in [6.45, 7) is 1.77. The van der Waals surface area contributed by atoms with E-state index in [1.165, 1.54) is 24.3 Å². The maximum Gasteiger partial charge on any atom is 0.248 e. The second-order valence-electron chi connectivity index (χ2n) is 5.22. The minimum atomic E-state index is -1.12. The Morgan fingerprint density at radius 2 is 2.00 bits per heavy atom. The van der Waals surface area contributed by atoms with Crippen molar-refractivity contribution in [3.8, 4) is 0 Å². The van der Waals surface area contributed by atoms with Crippen LogP contribution in [0.25, 0.3) is 0 Å². The monoisotopic (exact) mass is 316 g/mol. The molecule has 23 heavy (non-hydrogen) atoms. The van der Waals surface area contributed by atoms with Crippen LogP contribution in [-0.2, 0) is 4.79 Å². The minimum absolute atomic E-state index is 0.232. The zero-order valence-electron chi connectivity index (χ0n) is 12.5. The van der Waals surface area contributed by atoms with Crippen molar-refractivity contribution in [2.45, 2.75) is 19.4 Å². The molecule has 0 aromatic heterocycles. The van der Waals surface area contributed by atoms with Crippen molar-refractivity contribution in [2.75, 3.05) is 5.32 Å². The smallest absolute Gasteiger partial charge is 0.248 e. The summed E-state index contributed by atoms with van der Waals surface area (Å²) >= 11 is 0. The van der Waals surface area contributed by atoms with E-state index in [2.05, 4.69) is 5.32 Å². The quantitative estimate of drug-likeness (QED) is 0.790. The van der Waals surface area contributed by atoms with E-state index >= 15 is 0 Å². The van der Waals surface area contributed by atoms with Gasteiger partial charge in [0.1, 0.15) is 5.82 Å². The van der Waals surface area contributed by atoms with Crippen molar-refractivity contribution in [1.82, 2.24) is 0 Å². The molecule has 2 aromatic carbocycles. The number of hydrogen-bond acceptors (Lipinski definition) is 3. The molecule has 2 aromatic rings. The summed E-state index contributed by atoms with van der Waals surface area (Å²) in [4.78, 5) is 23.2. The van der Waals surface area contributed by atoms with Crippen LogP contribution in [0.1, 0.15) is 34.0 Å². The van der Waals surface area contributed by atoms with Crippen LogP contribution in [-0.4, -0.2) is 16.9 Å². The predicted octanol–water partition coefficient (Wildman–Crippen LogP) is 2.30. The molecule has 0 aliphatic heterocycles. The number of carbonyl (C=O) groups is 2. The Morgan fingerprint density at radius 1 is 1.26 bits per heavy atom. The third kappa shape index (κ3) is 4.37. The molecule has 0 radical (unpaired) electrons. The number of nitrogens with two attached hydrogens (primary N) is 1. The Kier molecular flexibility index (Phi) is 5.08. The average Bonchev–Trinajstić information content (AvgIpc) is 2.49. The SMILES string of the molecule is Cc1ccc(C(N)=O)cc1NC(=O)CC(O)c1cccc(F)c1. The fraction of sp³-hybridized carbons (Fsp3) is 0.176. The molecule has 0 fully saturated rings. The van der Waals surface area contributed by atoms with Crippen molar-refractivity contribution < 1.29 is 19.1 Å². The Bertz CT molecular complexity index is 746. The summed E-state index contributed by atoms with van der Waals surface area (Å²) in [6, 6.07) is 10.1. The highest BCUT2D eigenvalue weighted by molar-refractivity contribution is 5.97. The van der Waals surface area contributed by atoms with Gasteiger partial charge in [0, 0.05) is 11.3 Å². The number of nitrogens with one attached hydrogen (secondary N) is 1. The lowest BCUT2D eigenvalue weighted by molar-refractivity contribution is -0.118. The molecular weight excluding hydrogens is 299 g/mol. The highest BCUT2D eigenvalue weighted by atomic mass is 19.1. The summed E-state index contributed by atoms with van der Waals surface area (Å²) in [5.41, 5.74) is 7.00. The molecule has 2 amide bonds. The van der Waals surface area contributed by atoms with Crippen LogP contribution in [0.15, 0.2) is 42.5 Å². The predicted molar refractivity (Wildman–Crippen MR) is 84.3 cm³/mol. The fourth-order valence-corrected chi connectivity index (χ4v) is 2.12. The van der Waals surface area contributed by atoms with Gasteiger partial charge < -0.3 is 16.2 Å². The number of aliphatic hydroxyl groups excluding tert-OH is 1. The Hall–Kier alpha value is -2.73. The van der Waals surface area contributed by atoms with Crippen LogP contribution in [0.3, 0.4) is 0 Å². The van der Waals surface area contributed by atoms with Gasteiger partial charge in [-0.25, -0.2) is 4.39 Å². The Morgan fingerprint density at radius 3 is 2.65 bits per heavy atom. The number of aryl methyl sites for hydroxylation is 1. The van der Waals surface area contributed by atoms with E-state index < -0.39 is 23.7 Å². The maximum atomic E-state index is 13.1. The largest absolute Gasteiger partial charge is 0.388 e. The van der Waals surface area contributed by atoms with Crippen LogP contribution in [0.5, 0.6) is 0 Å². The molecular formula is C17H17FN2O3. The summed E-state index contributed by atoms with van der Waals surface area (Å²) in [5.74, 6) is -1.53. The second-order valence-corrected chi connectivity index (χ2v) is 5.22. The maximum absolute atomic E-state index is 13.1. The second kappa shape index (κ2) is 7.02. The molecule has 0 bridgehead atoms. The van der Waals surface area contributed by atoms with Crippen LogP contribution < -0.4 is 11.1 Å². The molecule has 5 nitrogen and oxygen atoms in total. The molecule has 0 spiro atoms. The summed E-state index contributed by atoms with van der Waals surface area (Å²) in [6.07, 6.45) is -1.35. The van der Waals surface area contributed by atoms with Gasteiger partial charge in [-0.1, -0.05) is 18.2 Å². The molecule has 1 unspecified atom stereocenters. The van der Waals surface area contributed by atoms with Gasteiger partial charge in [0.05, 0.1) is 12.5 Å². The molecule has 4 N–H and O–H groups in total. The Balaban J connectivity index is 2.07. The minimum Gasteiger partial charge on any atom is -0.388 e. The number of hydrogen-bond donors (Lipinski definition) is 3. The van der Waals surface area contributed by atoms with E-state index in [0.29, 0.717) is 11.3 Å². The molecule has 120 valence electrons. The number of carbonyl (C=O) groups excluding carboxylic acids is 2. The van der Waals surface area contributed by atoms with Crippen molar-refractivity contribution in [3.05, 3.63) is 65.0 Å². The van der Waals surface area contributed by atoms with Gasteiger partial charge in [-0.05, 0) is 42.3 Å². The highest BCUT2D eigenvalue weighted by Gasteiger charge is 2.15. The first-order valence-electron chi connectivity index (χ1n) is 7.00. The van der Waals surface area contributed by atoms with Crippen LogP contribution >= 0.6 is 0 Å². The summed E-state index contributed by atoms with van der Waals surface area (Å²) in [7, 11) is 0. The van der Waals surface area contributed by atoms with E-state index in [0.717, 1.165) is 5.56 Å². The van der Waals surface area contributed by atoms with Gasteiger partial charge in [0.25, 0.3) is 0 Å². The van der Waals surface area contributed by atoms with Crippen LogP contribution in [0.2, 0.25) is 0 Å². The molecule has 0 saturated carbocycles. The van der Waals surface area contributed by atoms with Gasteiger partial charge in [0.15, 0.2) is 0 Å².